The van der Waals surface area contributed by atoms with Crippen LogP contribution in [0.25, 0.3) is 0 Å². The molecule has 0 bridgehead atoms. The summed E-state index contributed by atoms with van der Waals surface area (Å²) in [7, 11) is 1.51. The van der Waals surface area contributed by atoms with E-state index in [4.69, 9.17) is 4.74 Å². The summed E-state index contributed by atoms with van der Waals surface area (Å²) in [5.41, 5.74) is -4.21. The summed E-state index contributed by atoms with van der Waals surface area (Å²) >= 11 is -0.426. The topological polar surface area (TPSA) is 47.6 Å². The van der Waals surface area contributed by atoms with E-state index in [2.05, 4.69) is 8.91 Å². The lowest BCUT2D eigenvalue weighted by molar-refractivity contribution is -0.0437. The van der Waals surface area contributed by atoms with Gasteiger partial charge in [-0.05, 0) is 41.1 Å². The van der Waals surface area contributed by atoms with E-state index in [1.54, 1.807) is 23.5 Å². The highest BCUT2D eigenvalue weighted by Gasteiger charge is 2.40. The third kappa shape index (κ3) is 5.50. The molecule has 10 heteroatoms. The normalized spacial score (nSPS) is 14.4. The van der Waals surface area contributed by atoms with Crippen molar-refractivity contribution in [2.24, 2.45) is 0 Å². The molecule has 0 aliphatic carbocycles. The average Bonchev–Trinajstić information content (AvgIpc) is 3.02. The Morgan fingerprint density at radius 1 is 1.26 bits per heavy atom. The van der Waals surface area contributed by atoms with Crippen molar-refractivity contribution in [1.82, 2.24) is 4.72 Å². The summed E-state index contributed by atoms with van der Waals surface area (Å²) in [5, 5.41) is 1.94. The molecule has 1 heterocycles. The van der Waals surface area contributed by atoms with Crippen LogP contribution in [0.5, 0.6) is 5.75 Å². The molecule has 0 amide bonds. The van der Waals surface area contributed by atoms with Gasteiger partial charge in [-0.2, -0.15) is 13.2 Å². The van der Waals surface area contributed by atoms with Crippen LogP contribution in [0.4, 0.5) is 13.2 Å². The monoisotopic (exact) mass is 383 g/mol. The molecule has 2 aromatic rings. The van der Waals surface area contributed by atoms with Gasteiger partial charge in [0.1, 0.15) is 12.0 Å². The summed E-state index contributed by atoms with van der Waals surface area (Å²) < 4.78 is 61.2. The maximum absolute atomic E-state index is 12.2. The number of hydrogen-bond acceptors (Lipinski definition) is 6. The van der Waals surface area contributed by atoms with Gasteiger partial charge >= 0.3 is 16.6 Å². The molecule has 23 heavy (non-hydrogen) atoms. The van der Waals surface area contributed by atoms with Crippen LogP contribution < -0.4 is 8.91 Å². The number of hydrogen-bond donors (Lipinski definition) is 1. The van der Waals surface area contributed by atoms with E-state index < -0.39 is 22.8 Å². The molecule has 0 saturated carbocycles. The first-order valence-electron chi connectivity index (χ1n) is 6.15. The highest BCUT2D eigenvalue weighted by atomic mass is 32.2. The van der Waals surface area contributed by atoms with Crippen LogP contribution in [0, 0.1) is 0 Å². The minimum Gasteiger partial charge on any atom is -0.394 e. The van der Waals surface area contributed by atoms with E-state index in [0.717, 1.165) is 4.21 Å². The van der Waals surface area contributed by atoms with Gasteiger partial charge in [-0.3, -0.25) is 0 Å². The predicted molar refractivity (Wildman–Crippen MR) is 84.3 cm³/mol. The van der Waals surface area contributed by atoms with Gasteiger partial charge in [0.05, 0.1) is 4.21 Å². The van der Waals surface area contributed by atoms with Crippen LogP contribution in [0.1, 0.15) is 11.8 Å². The molecule has 126 valence electrons. The van der Waals surface area contributed by atoms with Crippen molar-refractivity contribution in [3.05, 3.63) is 47.3 Å². The van der Waals surface area contributed by atoms with Crippen molar-refractivity contribution in [2.75, 3.05) is 7.11 Å². The highest BCUT2D eigenvalue weighted by Crippen LogP contribution is 2.27. The van der Waals surface area contributed by atoms with Crippen molar-refractivity contribution in [3.8, 4) is 5.75 Å². The summed E-state index contributed by atoms with van der Waals surface area (Å²) in [5.74, 6) is -0.134. The summed E-state index contributed by atoms with van der Waals surface area (Å²) in [6.07, 6.45) is -0.454. The summed E-state index contributed by atoms with van der Waals surface area (Å²) in [6, 6.07) is 9.56. The quantitative estimate of drug-likeness (QED) is 0.572. The van der Waals surface area contributed by atoms with E-state index in [0.29, 0.717) is 5.56 Å². The second-order valence-corrected chi connectivity index (χ2v) is 7.29. The minimum atomic E-state index is -4.91. The molecule has 0 saturated heterocycles. The Hall–Kier alpha value is -1.07. The maximum Gasteiger partial charge on any atom is 0.508 e. The van der Waals surface area contributed by atoms with Crippen LogP contribution in [0.2, 0.25) is 0 Å². The van der Waals surface area contributed by atoms with Crippen molar-refractivity contribution in [3.63, 3.8) is 0 Å². The number of methoxy groups -OCH3 is 1. The second-order valence-electron chi connectivity index (χ2n) is 4.10. The van der Waals surface area contributed by atoms with E-state index in [1.165, 1.54) is 31.2 Å². The standard InChI is InChI=1S/C13H12F3NO3S3/c1-19-12(17-22-11-3-2-8-21-11)9-4-6-10(7-5-9)20-23(18)13(14,15)16/h2-8,12,17H,1H3. The van der Waals surface area contributed by atoms with Gasteiger partial charge < -0.3 is 8.92 Å². The minimum absolute atomic E-state index is 0.134. The lowest BCUT2D eigenvalue weighted by Gasteiger charge is -2.16. The van der Waals surface area contributed by atoms with Gasteiger partial charge in [0, 0.05) is 7.11 Å². The number of ether oxygens (including phenoxy) is 1. The molecule has 2 unspecified atom stereocenters. The Morgan fingerprint density at radius 2 is 1.96 bits per heavy atom. The SMILES string of the molecule is COC(NSc1cccs1)c1ccc(OS(=O)C(F)(F)F)cc1. The van der Waals surface area contributed by atoms with E-state index in [9.17, 15) is 17.4 Å². The highest BCUT2D eigenvalue weighted by molar-refractivity contribution is 7.99. The molecule has 0 aliphatic heterocycles. The number of rotatable bonds is 7. The van der Waals surface area contributed by atoms with Gasteiger partial charge in [-0.1, -0.05) is 18.2 Å². The largest absolute Gasteiger partial charge is 0.508 e. The van der Waals surface area contributed by atoms with Gasteiger partial charge in [-0.25, -0.2) is 8.93 Å². The summed E-state index contributed by atoms with van der Waals surface area (Å²) in [4.78, 5) is 0. The molecule has 0 aliphatic rings. The fourth-order valence-corrected chi connectivity index (χ4v) is 3.45. The molecule has 1 aromatic carbocycles. The molecule has 2 atom stereocenters. The van der Waals surface area contributed by atoms with Crippen LogP contribution in [0.15, 0.2) is 46.0 Å². The zero-order valence-corrected chi connectivity index (χ0v) is 14.2. The molecule has 1 N–H and O–H groups in total. The summed E-state index contributed by atoms with van der Waals surface area (Å²) in [6.45, 7) is 0. The third-order valence-corrected chi connectivity index (χ3v) is 5.13. The fourth-order valence-electron chi connectivity index (χ4n) is 1.52. The molecule has 2 rings (SSSR count). The fraction of sp³-hybridized carbons (Fsp3) is 0.231. The third-order valence-electron chi connectivity index (χ3n) is 2.54. The van der Waals surface area contributed by atoms with E-state index in [-0.39, 0.29) is 5.75 Å². The van der Waals surface area contributed by atoms with Crippen LogP contribution in [-0.4, -0.2) is 16.8 Å². The molecular weight excluding hydrogens is 371 g/mol. The number of halogens is 3. The van der Waals surface area contributed by atoms with E-state index in [1.807, 2.05) is 17.5 Å². The zero-order chi connectivity index (χ0) is 16.9. The van der Waals surface area contributed by atoms with Gasteiger partial charge in [0.2, 0.25) is 0 Å². The van der Waals surface area contributed by atoms with Gasteiger partial charge in [-0.15, -0.1) is 11.3 Å². The number of benzene rings is 1. The molecule has 1 aromatic heterocycles. The lowest BCUT2D eigenvalue weighted by Crippen LogP contribution is -2.21. The predicted octanol–water partition coefficient (Wildman–Crippen LogP) is 4.25. The van der Waals surface area contributed by atoms with Crippen LogP contribution in [0.3, 0.4) is 0 Å². The first-order valence-corrected chi connectivity index (χ1v) is 8.93. The zero-order valence-electron chi connectivity index (χ0n) is 11.7. The maximum atomic E-state index is 12.2. The molecule has 4 nitrogen and oxygen atoms in total. The van der Waals surface area contributed by atoms with Crippen molar-refractivity contribution < 1.29 is 26.3 Å². The van der Waals surface area contributed by atoms with Gasteiger partial charge in [0.25, 0.3) is 0 Å². The van der Waals surface area contributed by atoms with Crippen molar-refractivity contribution in [2.45, 2.75) is 15.9 Å². The lowest BCUT2D eigenvalue weighted by atomic mass is 10.2. The van der Waals surface area contributed by atoms with Crippen molar-refractivity contribution in [1.29, 1.82) is 0 Å². The van der Waals surface area contributed by atoms with E-state index >= 15 is 0 Å². The Morgan fingerprint density at radius 3 is 2.48 bits per heavy atom. The molecule has 0 fully saturated rings. The average molecular weight is 383 g/mol. The second kappa shape index (κ2) is 8.15. The Kier molecular flexibility index (Phi) is 6.48. The van der Waals surface area contributed by atoms with Crippen molar-refractivity contribution >= 4 is 34.4 Å². The van der Waals surface area contributed by atoms with Crippen LogP contribution >= 0.6 is 23.3 Å². The Balaban J connectivity index is 1.97. The smallest absolute Gasteiger partial charge is 0.394 e. The first-order chi connectivity index (χ1) is 10.9. The Bertz CT molecular complexity index is 632. The van der Waals surface area contributed by atoms with Gasteiger partial charge in [0.15, 0.2) is 0 Å². The Labute approximate surface area is 141 Å². The first kappa shape index (κ1) is 18.3. The molecular formula is C13H12F3NO3S3. The van der Waals surface area contributed by atoms with Crippen LogP contribution in [-0.2, 0) is 15.8 Å². The molecule has 0 radical (unpaired) electrons. The molecule has 0 spiro atoms. The number of nitrogens with one attached hydrogen (secondary N) is 1. The number of thiophene rings is 1. The number of alkyl halides is 3.